The third-order valence-corrected chi connectivity index (χ3v) is 4.38. The molecule has 0 aliphatic rings. The Bertz CT molecular complexity index is 1080. The van der Waals surface area contributed by atoms with Gasteiger partial charge in [-0.2, -0.15) is 17.6 Å². The van der Waals surface area contributed by atoms with Gasteiger partial charge in [0.15, 0.2) is 5.75 Å². The lowest BCUT2D eigenvalue weighted by Crippen LogP contribution is -2.10. The highest BCUT2D eigenvalue weighted by Crippen LogP contribution is 2.32. The molecule has 1 heterocycles. The summed E-state index contributed by atoms with van der Waals surface area (Å²) in [6.07, 6.45) is 0. The molecule has 9 heteroatoms. The summed E-state index contributed by atoms with van der Waals surface area (Å²) in [5.41, 5.74) is 2.36. The van der Waals surface area contributed by atoms with E-state index in [4.69, 9.17) is 4.42 Å². The van der Waals surface area contributed by atoms with Crippen molar-refractivity contribution in [3.63, 3.8) is 0 Å². The van der Waals surface area contributed by atoms with Gasteiger partial charge in [-0.05, 0) is 42.7 Å². The molecule has 0 fully saturated rings. The van der Waals surface area contributed by atoms with Gasteiger partial charge in [-0.1, -0.05) is 12.1 Å². The topological polar surface area (TPSA) is 60.7 Å². The smallest absolute Gasteiger partial charge is 0.387 e. The molecule has 0 spiro atoms. The predicted molar refractivity (Wildman–Crippen MR) is 99.0 cm³/mol. The van der Waals surface area contributed by atoms with Crippen LogP contribution in [0.15, 0.2) is 45.6 Å². The van der Waals surface area contributed by atoms with E-state index in [9.17, 15) is 22.4 Å². The lowest BCUT2D eigenvalue weighted by molar-refractivity contribution is -0.0539. The minimum Gasteiger partial charge on any atom is -0.435 e. The van der Waals surface area contributed by atoms with Crippen LogP contribution in [-0.2, 0) is 6.54 Å². The average Bonchev–Trinajstić information content (AvgIpc) is 2.63. The van der Waals surface area contributed by atoms with Crippen LogP contribution in [-0.4, -0.2) is 13.2 Å². The van der Waals surface area contributed by atoms with Crippen LogP contribution in [0.4, 0.5) is 23.2 Å². The van der Waals surface area contributed by atoms with Crippen LogP contribution in [0.5, 0.6) is 11.5 Å². The number of halogens is 4. The quantitative estimate of drug-likeness (QED) is 0.426. The monoisotopic (exact) mass is 411 g/mol. The van der Waals surface area contributed by atoms with Crippen LogP contribution in [0.1, 0.15) is 16.7 Å². The number of fused-ring (bicyclic) bond motifs is 1. The molecule has 2 aromatic carbocycles. The number of rotatable bonds is 7. The van der Waals surface area contributed by atoms with Crippen molar-refractivity contribution < 1.29 is 31.5 Å². The zero-order valence-electron chi connectivity index (χ0n) is 15.5. The summed E-state index contributed by atoms with van der Waals surface area (Å²) in [4.78, 5) is 11.9. The van der Waals surface area contributed by atoms with Crippen molar-refractivity contribution in [1.82, 2.24) is 0 Å². The molecule has 3 aromatic rings. The third-order valence-electron chi connectivity index (χ3n) is 4.38. The molecule has 0 aliphatic heterocycles. The lowest BCUT2D eigenvalue weighted by atomic mass is 10.0. The number of hydrogen-bond acceptors (Lipinski definition) is 5. The third kappa shape index (κ3) is 4.79. The Labute approximate surface area is 162 Å². The average molecular weight is 411 g/mol. The van der Waals surface area contributed by atoms with Crippen LogP contribution in [0.3, 0.4) is 0 Å². The fourth-order valence-electron chi connectivity index (χ4n) is 2.88. The fraction of sp³-hybridized carbons (Fsp3) is 0.250. The van der Waals surface area contributed by atoms with Crippen molar-refractivity contribution in [3.8, 4) is 11.5 Å². The van der Waals surface area contributed by atoms with Gasteiger partial charge in [0.2, 0.25) is 0 Å². The van der Waals surface area contributed by atoms with Gasteiger partial charge in [0.25, 0.3) is 0 Å². The van der Waals surface area contributed by atoms with Crippen molar-refractivity contribution >= 4 is 16.7 Å². The Balaban J connectivity index is 1.93. The normalized spacial score (nSPS) is 11.3. The highest BCUT2D eigenvalue weighted by Gasteiger charge is 2.15. The van der Waals surface area contributed by atoms with E-state index >= 15 is 0 Å². The minimum atomic E-state index is -3.16. The summed E-state index contributed by atoms with van der Waals surface area (Å²) < 4.78 is 64.1. The Morgan fingerprint density at radius 2 is 1.72 bits per heavy atom. The molecule has 29 heavy (non-hydrogen) atoms. The predicted octanol–water partition coefficient (Wildman–Crippen LogP) is 5.22. The molecule has 0 bridgehead atoms. The molecule has 154 valence electrons. The number of aryl methyl sites for hydroxylation is 2. The standard InChI is InChI=1S/C20H17F4NO4/c1-10-3-5-14-12(7-17(26)29-18(14)11(10)2)9-25-15-6-4-13(27-19(21)22)8-16(15)28-20(23)24/h3-8,19-20,25H,9H2,1-2H3. The van der Waals surface area contributed by atoms with Gasteiger partial charge in [0.1, 0.15) is 11.3 Å². The highest BCUT2D eigenvalue weighted by molar-refractivity contribution is 5.84. The van der Waals surface area contributed by atoms with Gasteiger partial charge >= 0.3 is 18.8 Å². The van der Waals surface area contributed by atoms with Crippen LogP contribution < -0.4 is 20.4 Å². The zero-order valence-corrected chi connectivity index (χ0v) is 15.5. The maximum atomic E-state index is 12.7. The van der Waals surface area contributed by atoms with Crippen molar-refractivity contribution in [1.29, 1.82) is 0 Å². The van der Waals surface area contributed by atoms with Gasteiger partial charge in [0, 0.05) is 24.1 Å². The van der Waals surface area contributed by atoms with Crippen molar-refractivity contribution in [3.05, 3.63) is 63.5 Å². The molecule has 0 radical (unpaired) electrons. The maximum Gasteiger partial charge on any atom is 0.387 e. The molecular weight excluding hydrogens is 394 g/mol. The van der Waals surface area contributed by atoms with Crippen LogP contribution in [0.2, 0.25) is 0 Å². The largest absolute Gasteiger partial charge is 0.435 e. The van der Waals surface area contributed by atoms with Crippen molar-refractivity contribution in [2.45, 2.75) is 33.6 Å². The Hall–Kier alpha value is -3.23. The second-order valence-electron chi connectivity index (χ2n) is 6.24. The SMILES string of the molecule is Cc1ccc2c(CNc3ccc(OC(F)F)cc3OC(F)F)cc(=O)oc2c1C. The van der Waals surface area contributed by atoms with Crippen molar-refractivity contribution in [2.75, 3.05) is 5.32 Å². The van der Waals surface area contributed by atoms with E-state index in [1.165, 1.54) is 18.2 Å². The second kappa shape index (κ2) is 8.42. The van der Waals surface area contributed by atoms with Gasteiger partial charge in [-0.3, -0.25) is 0 Å². The van der Waals surface area contributed by atoms with Gasteiger partial charge in [-0.25, -0.2) is 4.79 Å². The molecule has 0 saturated carbocycles. The highest BCUT2D eigenvalue weighted by atomic mass is 19.3. The van der Waals surface area contributed by atoms with E-state index in [1.807, 2.05) is 19.9 Å². The second-order valence-corrected chi connectivity index (χ2v) is 6.24. The van der Waals surface area contributed by atoms with E-state index in [1.54, 1.807) is 6.07 Å². The summed E-state index contributed by atoms with van der Waals surface area (Å²) in [7, 11) is 0. The van der Waals surface area contributed by atoms with E-state index in [-0.39, 0.29) is 23.7 Å². The molecule has 1 aromatic heterocycles. The molecule has 1 N–H and O–H groups in total. The first-order valence-corrected chi connectivity index (χ1v) is 8.55. The Morgan fingerprint density at radius 1 is 1.00 bits per heavy atom. The van der Waals surface area contributed by atoms with Gasteiger partial charge in [-0.15, -0.1) is 0 Å². The summed E-state index contributed by atoms with van der Waals surface area (Å²) in [6.45, 7) is -2.47. The zero-order chi connectivity index (χ0) is 21.1. The minimum absolute atomic E-state index is 0.0826. The molecule has 0 atom stereocenters. The van der Waals surface area contributed by atoms with E-state index in [0.29, 0.717) is 16.5 Å². The summed E-state index contributed by atoms with van der Waals surface area (Å²) in [5, 5.41) is 3.58. The number of benzene rings is 2. The lowest BCUT2D eigenvalue weighted by Gasteiger charge is -2.15. The van der Waals surface area contributed by atoms with Crippen molar-refractivity contribution in [2.24, 2.45) is 0 Å². The molecule has 0 saturated heterocycles. The first kappa shape index (κ1) is 20.5. The maximum absolute atomic E-state index is 12.7. The van der Waals surface area contributed by atoms with Crippen LogP contribution in [0, 0.1) is 13.8 Å². The van der Waals surface area contributed by atoms with E-state index in [0.717, 1.165) is 17.2 Å². The first-order valence-electron chi connectivity index (χ1n) is 8.55. The molecule has 0 amide bonds. The van der Waals surface area contributed by atoms with Gasteiger partial charge in [0.05, 0.1) is 5.69 Å². The Kier molecular flexibility index (Phi) is 5.95. The molecular formula is C20H17F4NO4. The number of alkyl halides is 4. The number of anilines is 1. The number of ether oxygens (including phenoxy) is 2. The summed E-state index contributed by atoms with van der Waals surface area (Å²) in [6, 6.07) is 8.38. The van der Waals surface area contributed by atoms with E-state index < -0.39 is 18.8 Å². The summed E-state index contributed by atoms with van der Waals surface area (Å²) >= 11 is 0. The first-order chi connectivity index (χ1) is 13.7. The van der Waals surface area contributed by atoms with Crippen LogP contribution >= 0.6 is 0 Å². The van der Waals surface area contributed by atoms with E-state index in [2.05, 4.69) is 14.8 Å². The number of hydrogen-bond donors (Lipinski definition) is 1. The van der Waals surface area contributed by atoms with Gasteiger partial charge < -0.3 is 19.2 Å². The summed E-state index contributed by atoms with van der Waals surface area (Å²) in [5.74, 6) is -0.685. The molecule has 5 nitrogen and oxygen atoms in total. The fourth-order valence-corrected chi connectivity index (χ4v) is 2.88. The van der Waals surface area contributed by atoms with Crippen LogP contribution in [0.25, 0.3) is 11.0 Å². The molecule has 3 rings (SSSR count). The molecule has 0 unspecified atom stereocenters. The number of nitrogens with one attached hydrogen (secondary N) is 1. The Morgan fingerprint density at radius 3 is 2.41 bits per heavy atom. The molecule has 0 aliphatic carbocycles.